The number of anilines is 1. The lowest BCUT2D eigenvalue weighted by molar-refractivity contribution is 0.448. The number of hydrogen-bond acceptors (Lipinski definition) is 5. The first-order valence-electron chi connectivity index (χ1n) is 11.2. The van der Waals surface area contributed by atoms with E-state index < -0.39 is 0 Å². The smallest absolute Gasteiger partial charge is 0.196 e. The van der Waals surface area contributed by atoms with Crippen LogP contribution in [0, 0.1) is 13.8 Å². The van der Waals surface area contributed by atoms with E-state index in [0.29, 0.717) is 33.4 Å². The van der Waals surface area contributed by atoms with Gasteiger partial charge in [0.2, 0.25) is 0 Å². The fraction of sp³-hybridized carbons (Fsp3) is 0.259. The van der Waals surface area contributed by atoms with Gasteiger partial charge in [-0.1, -0.05) is 41.9 Å². The van der Waals surface area contributed by atoms with Crippen molar-refractivity contribution in [1.82, 2.24) is 10.3 Å². The number of rotatable bonds is 5. The molecule has 2 N–H and O–H groups in total. The van der Waals surface area contributed by atoms with E-state index in [0.717, 1.165) is 35.5 Å². The highest BCUT2D eigenvalue weighted by atomic mass is 35.5. The van der Waals surface area contributed by atoms with Crippen molar-refractivity contribution in [1.29, 1.82) is 0 Å². The number of benzene rings is 2. The average Bonchev–Trinajstić information content (AvgIpc) is 2.77. The number of nitrogens with one attached hydrogen (secondary N) is 2. The van der Waals surface area contributed by atoms with Crippen molar-refractivity contribution in [2.24, 2.45) is 0 Å². The number of nitrogens with zero attached hydrogens (tertiary/aromatic N) is 1. The van der Waals surface area contributed by atoms with Gasteiger partial charge in [-0.25, -0.2) is 4.98 Å². The number of halogens is 1. The van der Waals surface area contributed by atoms with Gasteiger partial charge in [-0.05, 0) is 50.1 Å². The second kappa shape index (κ2) is 8.65. The number of hydrogen-bond donors (Lipinski definition) is 2. The molecule has 6 heteroatoms. The lowest BCUT2D eigenvalue weighted by atomic mass is 9.92. The SMILES string of the molecule is Cc1cc(C(C)Nc2ccc(Cl)nc2)c2oc(-c3ccc(C4CNC4)cc3)c(C)c(=O)c2c1. The predicted octanol–water partition coefficient (Wildman–Crippen LogP) is 5.99. The summed E-state index contributed by atoms with van der Waals surface area (Å²) >= 11 is 5.92. The molecule has 5 rings (SSSR count). The standard InChI is InChI=1S/C27H26ClN3O2/c1-15-10-22(17(3)31-21-8-9-24(28)30-14-21)27-23(11-15)25(32)16(2)26(33-27)19-6-4-18(5-7-19)20-12-29-13-20/h4-11,14,17,20,29,31H,12-13H2,1-3H3. The van der Waals surface area contributed by atoms with E-state index in [1.165, 1.54) is 5.56 Å². The molecule has 1 fully saturated rings. The summed E-state index contributed by atoms with van der Waals surface area (Å²) in [5, 5.41) is 7.80. The summed E-state index contributed by atoms with van der Waals surface area (Å²) in [7, 11) is 0. The first-order chi connectivity index (χ1) is 15.9. The molecule has 0 saturated carbocycles. The molecule has 3 heterocycles. The van der Waals surface area contributed by atoms with Gasteiger partial charge in [0.1, 0.15) is 16.5 Å². The third-order valence-corrected chi connectivity index (χ3v) is 6.62. The minimum Gasteiger partial charge on any atom is -0.455 e. The third-order valence-electron chi connectivity index (χ3n) is 6.39. The molecule has 2 aromatic heterocycles. The number of fused-ring (bicyclic) bond motifs is 1. The van der Waals surface area contributed by atoms with Crippen molar-refractivity contribution in [3.05, 3.63) is 92.4 Å². The second-order valence-corrected chi connectivity index (χ2v) is 9.22. The van der Waals surface area contributed by atoms with Crippen molar-refractivity contribution >= 4 is 28.3 Å². The van der Waals surface area contributed by atoms with E-state index in [2.05, 4.69) is 45.9 Å². The predicted molar refractivity (Wildman–Crippen MR) is 134 cm³/mol. The number of aromatic nitrogens is 1. The molecule has 1 aliphatic heterocycles. The van der Waals surface area contributed by atoms with Crippen LogP contribution in [0.15, 0.2) is 63.9 Å². The molecule has 0 spiro atoms. The van der Waals surface area contributed by atoms with E-state index in [9.17, 15) is 4.79 Å². The molecule has 1 atom stereocenters. The minimum atomic E-state index is -0.109. The Morgan fingerprint density at radius 3 is 2.52 bits per heavy atom. The van der Waals surface area contributed by atoms with Gasteiger partial charge < -0.3 is 15.1 Å². The molecule has 2 aromatic carbocycles. The number of pyridine rings is 1. The fourth-order valence-corrected chi connectivity index (χ4v) is 4.50. The lowest BCUT2D eigenvalue weighted by Crippen LogP contribution is -2.39. The molecule has 5 nitrogen and oxygen atoms in total. The third kappa shape index (κ3) is 4.14. The highest BCUT2D eigenvalue weighted by Crippen LogP contribution is 2.33. The van der Waals surface area contributed by atoms with Gasteiger partial charge in [0.15, 0.2) is 5.43 Å². The molecule has 0 radical (unpaired) electrons. The Balaban J connectivity index is 1.59. The van der Waals surface area contributed by atoms with E-state index in [1.54, 1.807) is 12.3 Å². The zero-order valence-corrected chi connectivity index (χ0v) is 19.7. The first kappa shape index (κ1) is 21.7. The van der Waals surface area contributed by atoms with Gasteiger partial charge in [0, 0.05) is 35.7 Å². The van der Waals surface area contributed by atoms with Crippen LogP contribution in [-0.4, -0.2) is 18.1 Å². The Bertz CT molecular complexity index is 1370. The number of aryl methyl sites for hydroxylation is 1. The van der Waals surface area contributed by atoms with Gasteiger partial charge in [-0.2, -0.15) is 0 Å². The van der Waals surface area contributed by atoms with Crippen molar-refractivity contribution in [2.75, 3.05) is 18.4 Å². The summed E-state index contributed by atoms with van der Waals surface area (Å²) in [5.74, 6) is 1.18. The summed E-state index contributed by atoms with van der Waals surface area (Å²) in [6.07, 6.45) is 1.70. The Labute approximate surface area is 197 Å². The normalized spacial score (nSPS) is 14.8. The highest BCUT2D eigenvalue weighted by molar-refractivity contribution is 6.29. The second-order valence-electron chi connectivity index (χ2n) is 8.83. The first-order valence-corrected chi connectivity index (χ1v) is 11.6. The molecule has 1 unspecified atom stereocenters. The van der Waals surface area contributed by atoms with Crippen molar-refractivity contribution in [3.8, 4) is 11.3 Å². The maximum Gasteiger partial charge on any atom is 0.196 e. The average molecular weight is 460 g/mol. The van der Waals surface area contributed by atoms with Gasteiger partial charge >= 0.3 is 0 Å². The van der Waals surface area contributed by atoms with E-state index in [-0.39, 0.29) is 11.5 Å². The highest BCUT2D eigenvalue weighted by Gasteiger charge is 2.21. The Morgan fingerprint density at radius 2 is 1.88 bits per heavy atom. The van der Waals surface area contributed by atoms with Gasteiger partial charge in [-0.3, -0.25) is 4.79 Å². The van der Waals surface area contributed by atoms with E-state index in [4.69, 9.17) is 16.0 Å². The van der Waals surface area contributed by atoms with Crippen LogP contribution in [0.25, 0.3) is 22.3 Å². The zero-order chi connectivity index (χ0) is 23.1. The summed E-state index contributed by atoms with van der Waals surface area (Å²) < 4.78 is 6.48. The Hall–Kier alpha value is -3.15. The van der Waals surface area contributed by atoms with Gasteiger partial charge in [0.25, 0.3) is 0 Å². The maximum atomic E-state index is 13.4. The molecule has 1 saturated heterocycles. The van der Waals surface area contributed by atoms with Gasteiger partial charge in [0.05, 0.1) is 23.3 Å². The molecule has 4 aromatic rings. The molecule has 1 aliphatic rings. The van der Waals surface area contributed by atoms with E-state index >= 15 is 0 Å². The van der Waals surface area contributed by atoms with Crippen LogP contribution in [0.2, 0.25) is 5.15 Å². The van der Waals surface area contributed by atoms with Crippen molar-refractivity contribution in [3.63, 3.8) is 0 Å². The van der Waals surface area contributed by atoms with Crippen LogP contribution in [0.4, 0.5) is 5.69 Å². The topological polar surface area (TPSA) is 67.2 Å². The van der Waals surface area contributed by atoms with Crippen LogP contribution in [-0.2, 0) is 0 Å². The summed E-state index contributed by atoms with van der Waals surface area (Å²) in [6, 6.07) is 15.9. The minimum absolute atomic E-state index is 0.00355. The molecule has 0 amide bonds. The molecule has 0 aliphatic carbocycles. The summed E-state index contributed by atoms with van der Waals surface area (Å²) in [4.78, 5) is 17.5. The molecule has 33 heavy (non-hydrogen) atoms. The quantitative estimate of drug-likeness (QED) is 0.359. The van der Waals surface area contributed by atoms with E-state index in [1.807, 2.05) is 32.9 Å². The largest absolute Gasteiger partial charge is 0.455 e. The molecular formula is C27H26ClN3O2. The maximum absolute atomic E-state index is 13.4. The Kier molecular flexibility index (Phi) is 5.69. The van der Waals surface area contributed by atoms with Crippen molar-refractivity contribution < 1.29 is 4.42 Å². The van der Waals surface area contributed by atoms with Crippen LogP contribution >= 0.6 is 11.6 Å². The van der Waals surface area contributed by atoms with Crippen LogP contribution in [0.1, 0.15) is 41.1 Å². The van der Waals surface area contributed by atoms with Crippen LogP contribution in [0.5, 0.6) is 0 Å². The zero-order valence-electron chi connectivity index (χ0n) is 18.9. The fourth-order valence-electron chi connectivity index (χ4n) is 4.38. The lowest BCUT2D eigenvalue weighted by Gasteiger charge is -2.27. The van der Waals surface area contributed by atoms with Gasteiger partial charge in [-0.15, -0.1) is 0 Å². The van der Waals surface area contributed by atoms with Crippen LogP contribution < -0.4 is 16.1 Å². The summed E-state index contributed by atoms with van der Waals surface area (Å²) in [5.41, 5.74) is 6.25. The monoisotopic (exact) mass is 459 g/mol. The Morgan fingerprint density at radius 1 is 1.12 bits per heavy atom. The summed E-state index contributed by atoms with van der Waals surface area (Å²) in [6.45, 7) is 7.91. The van der Waals surface area contributed by atoms with Crippen LogP contribution in [0.3, 0.4) is 0 Å². The van der Waals surface area contributed by atoms with Crippen molar-refractivity contribution in [2.45, 2.75) is 32.7 Å². The molecule has 168 valence electrons. The molecule has 0 bridgehead atoms. The molecular weight excluding hydrogens is 434 g/mol.